The molecular weight excluding hydrogens is 360 g/mol. The fourth-order valence-corrected chi connectivity index (χ4v) is 2.40. The molecule has 0 radical (unpaired) electrons. The number of aromatic nitrogens is 2. The number of esters is 1. The molecule has 0 amide bonds. The maximum atomic E-state index is 11.8. The maximum Gasteiger partial charge on any atom is 0.344 e. The van der Waals surface area contributed by atoms with Gasteiger partial charge in [0.1, 0.15) is 5.75 Å². The van der Waals surface area contributed by atoms with Gasteiger partial charge in [0.05, 0.1) is 0 Å². The topological polar surface area (TPSA) is 91.5 Å². The molecule has 1 heterocycles. The van der Waals surface area contributed by atoms with Crippen LogP contribution < -0.4 is 4.74 Å². The highest BCUT2D eigenvalue weighted by Gasteiger charge is 2.12. The van der Waals surface area contributed by atoms with E-state index < -0.39 is 5.97 Å². The Bertz CT molecular complexity index is 946. The van der Waals surface area contributed by atoms with Gasteiger partial charge in [0.25, 0.3) is 5.89 Å². The van der Waals surface area contributed by atoms with Crippen LogP contribution in [0.4, 0.5) is 0 Å². The lowest BCUT2D eigenvalue weighted by Gasteiger charge is -2.06. The lowest BCUT2D eigenvalue weighted by Crippen LogP contribution is -2.14. The number of benzene rings is 2. The quantitative estimate of drug-likeness (QED) is 0.434. The largest absolute Gasteiger partial charge is 0.482 e. The molecule has 0 aliphatic carbocycles. The van der Waals surface area contributed by atoms with E-state index in [1.165, 1.54) is 0 Å². The molecule has 0 saturated carbocycles. The zero-order valence-corrected chi connectivity index (χ0v) is 15.7. The second kappa shape index (κ2) is 8.94. The van der Waals surface area contributed by atoms with Crippen molar-refractivity contribution in [1.82, 2.24) is 10.1 Å². The predicted octanol–water partition coefficient (Wildman–Crippen LogP) is 3.76. The van der Waals surface area contributed by atoms with E-state index in [9.17, 15) is 9.59 Å². The summed E-state index contributed by atoms with van der Waals surface area (Å²) in [6.07, 6.45) is 0.438. The first-order valence-electron chi connectivity index (χ1n) is 8.86. The molecule has 0 atom stereocenters. The zero-order chi connectivity index (χ0) is 19.9. The normalized spacial score (nSPS) is 10.5. The molecule has 3 aromatic rings. The van der Waals surface area contributed by atoms with Gasteiger partial charge in [0.2, 0.25) is 5.82 Å². The minimum atomic E-state index is -0.566. The number of aryl methyl sites for hydroxylation is 1. The molecule has 0 N–H and O–H groups in total. The van der Waals surface area contributed by atoms with Gasteiger partial charge in [-0.2, -0.15) is 4.98 Å². The van der Waals surface area contributed by atoms with E-state index in [1.807, 2.05) is 31.2 Å². The van der Waals surface area contributed by atoms with E-state index in [2.05, 4.69) is 10.1 Å². The van der Waals surface area contributed by atoms with Crippen LogP contribution in [0.25, 0.3) is 11.4 Å². The Labute approximate surface area is 162 Å². The Kier molecular flexibility index (Phi) is 6.16. The van der Waals surface area contributed by atoms with Gasteiger partial charge in [-0.05, 0) is 31.2 Å². The fourth-order valence-electron chi connectivity index (χ4n) is 2.40. The molecule has 0 saturated heterocycles. The van der Waals surface area contributed by atoms with Crippen LogP contribution >= 0.6 is 0 Å². The summed E-state index contributed by atoms with van der Waals surface area (Å²) >= 11 is 0. The summed E-state index contributed by atoms with van der Waals surface area (Å²) in [6.45, 7) is 3.40. The van der Waals surface area contributed by atoms with Crippen LogP contribution in [0.1, 0.15) is 35.2 Å². The van der Waals surface area contributed by atoms with E-state index in [1.54, 1.807) is 31.2 Å². The third-order valence-electron chi connectivity index (χ3n) is 3.99. The monoisotopic (exact) mass is 380 g/mol. The lowest BCUT2D eigenvalue weighted by atomic mass is 10.1. The van der Waals surface area contributed by atoms with Crippen molar-refractivity contribution in [2.75, 3.05) is 6.61 Å². The van der Waals surface area contributed by atoms with Crippen LogP contribution in [-0.2, 0) is 16.1 Å². The highest BCUT2D eigenvalue weighted by molar-refractivity contribution is 5.95. The Balaban J connectivity index is 1.47. The first kappa shape index (κ1) is 19.3. The van der Waals surface area contributed by atoms with Crippen LogP contribution in [0.5, 0.6) is 5.75 Å². The molecule has 7 heteroatoms. The molecule has 2 aromatic carbocycles. The molecule has 0 aliphatic rings. The van der Waals surface area contributed by atoms with Crippen molar-refractivity contribution in [3.8, 4) is 17.1 Å². The third-order valence-corrected chi connectivity index (χ3v) is 3.99. The molecule has 0 fully saturated rings. The highest BCUT2D eigenvalue weighted by Crippen LogP contribution is 2.17. The van der Waals surface area contributed by atoms with Gasteiger partial charge in [0, 0.05) is 17.5 Å². The standard InChI is InChI=1S/C21H20N2O5/c1-3-18(24)15-8-10-17(11-9-15)26-13-20(25)27-12-19-22-21(23-28-19)16-6-4-14(2)5-7-16/h4-11H,3,12-13H2,1-2H3. The van der Waals surface area contributed by atoms with Gasteiger partial charge in [0.15, 0.2) is 19.0 Å². The molecule has 0 aliphatic heterocycles. The molecule has 7 nitrogen and oxygen atoms in total. The SMILES string of the molecule is CCC(=O)c1ccc(OCC(=O)OCc2nc(-c3ccc(C)cc3)no2)cc1. The van der Waals surface area contributed by atoms with Crippen molar-refractivity contribution >= 4 is 11.8 Å². The van der Waals surface area contributed by atoms with Crippen LogP contribution in [0.3, 0.4) is 0 Å². The van der Waals surface area contributed by atoms with Crippen LogP contribution in [0.2, 0.25) is 0 Å². The average Bonchev–Trinajstić information content (AvgIpc) is 3.20. The van der Waals surface area contributed by atoms with E-state index in [0.717, 1.165) is 11.1 Å². The Morgan fingerprint density at radius 3 is 2.43 bits per heavy atom. The minimum absolute atomic E-state index is 0.0514. The van der Waals surface area contributed by atoms with E-state index in [0.29, 0.717) is 23.6 Å². The van der Waals surface area contributed by atoms with Gasteiger partial charge < -0.3 is 14.0 Å². The second-order valence-corrected chi connectivity index (χ2v) is 6.13. The van der Waals surface area contributed by atoms with E-state index in [-0.39, 0.29) is 24.9 Å². The first-order valence-corrected chi connectivity index (χ1v) is 8.86. The molecule has 0 spiro atoms. The molecule has 0 unspecified atom stereocenters. The van der Waals surface area contributed by atoms with Crippen molar-refractivity contribution in [3.63, 3.8) is 0 Å². The van der Waals surface area contributed by atoms with Crippen LogP contribution in [0, 0.1) is 6.92 Å². The molecule has 28 heavy (non-hydrogen) atoms. The van der Waals surface area contributed by atoms with Crippen molar-refractivity contribution in [2.24, 2.45) is 0 Å². The second-order valence-electron chi connectivity index (χ2n) is 6.13. The van der Waals surface area contributed by atoms with E-state index in [4.69, 9.17) is 14.0 Å². The van der Waals surface area contributed by atoms with Crippen LogP contribution in [0.15, 0.2) is 53.1 Å². The summed E-state index contributed by atoms with van der Waals surface area (Å²) in [4.78, 5) is 27.6. The molecule has 144 valence electrons. The number of hydrogen-bond acceptors (Lipinski definition) is 7. The number of hydrogen-bond donors (Lipinski definition) is 0. The molecule has 3 rings (SSSR count). The minimum Gasteiger partial charge on any atom is -0.482 e. The number of Topliss-reactive ketones (excluding diaryl/α,β-unsaturated/α-hetero) is 1. The third kappa shape index (κ3) is 5.03. The summed E-state index contributed by atoms with van der Waals surface area (Å²) in [6, 6.07) is 14.3. The maximum absolute atomic E-state index is 11.8. The molecule has 0 bridgehead atoms. The lowest BCUT2D eigenvalue weighted by molar-refractivity contribution is -0.148. The summed E-state index contributed by atoms with van der Waals surface area (Å²) in [5.74, 6) is 0.596. The Morgan fingerprint density at radius 1 is 1.04 bits per heavy atom. The number of ketones is 1. The summed E-state index contributed by atoms with van der Waals surface area (Å²) in [5, 5.41) is 3.88. The van der Waals surface area contributed by atoms with Crippen molar-refractivity contribution < 1.29 is 23.6 Å². The van der Waals surface area contributed by atoms with Gasteiger partial charge in [-0.25, -0.2) is 4.79 Å². The van der Waals surface area contributed by atoms with E-state index >= 15 is 0 Å². The van der Waals surface area contributed by atoms with Gasteiger partial charge in [-0.1, -0.05) is 41.9 Å². The highest BCUT2D eigenvalue weighted by atomic mass is 16.6. The number of rotatable bonds is 8. The van der Waals surface area contributed by atoms with Crippen LogP contribution in [-0.4, -0.2) is 28.5 Å². The average molecular weight is 380 g/mol. The summed E-state index contributed by atoms with van der Waals surface area (Å²) < 4.78 is 15.5. The molecular formula is C21H20N2O5. The van der Waals surface area contributed by atoms with Crippen molar-refractivity contribution in [1.29, 1.82) is 0 Å². The van der Waals surface area contributed by atoms with Crippen molar-refractivity contribution in [2.45, 2.75) is 26.9 Å². The number of ether oxygens (including phenoxy) is 2. The van der Waals surface area contributed by atoms with Crippen molar-refractivity contribution in [3.05, 3.63) is 65.5 Å². The van der Waals surface area contributed by atoms with Gasteiger partial charge >= 0.3 is 5.97 Å². The Hall–Kier alpha value is -3.48. The number of nitrogens with zero attached hydrogens (tertiary/aromatic N) is 2. The fraction of sp³-hybridized carbons (Fsp3) is 0.238. The predicted molar refractivity (Wildman–Crippen MR) is 101 cm³/mol. The summed E-state index contributed by atoms with van der Waals surface area (Å²) in [7, 11) is 0. The number of carbonyl (C=O) groups is 2. The molecule has 1 aromatic heterocycles. The first-order chi connectivity index (χ1) is 13.5. The Morgan fingerprint density at radius 2 is 1.75 bits per heavy atom. The smallest absolute Gasteiger partial charge is 0.344 e. The van der Waals surface area contributed by atoms with Gasteiger partial charge in [-0.15, -0.1) is 0 Å². The zero-order valence-electron chi connectivity index (χ0n) is 15.7. The summed E-state index contributed by atoms with van der Waals surface area (Å²) in [5.41, 5.74) is 2.56. The number of carbonyl (C=O) groups excluding carboxylic acids is 2. The van der Waals surface area contributed by atoms with Gasteiger partial charge in [-0.3, -0.25) is 4.79 Å².